The summed E-state index contributed by atoms with van der Waals surface area (Å²) in [7, 11) is -1.24. The highest BCUT2D eigenvalue weighted by atomic mass is 32.2. The van der Waals surface area contributed by atoms with Crippen LogP contribution in [0, 0.1) is 5.92 Å². The second-order valence-corrected chi connectivity index (χ2v) is 8.20. The maximum absolute atomic E-state index is 12.3. The van der Waals surface area contributed by atoms with Gasteiger partial charge in [-0.3, -0.25) is 4.79 Å². The summed E-state index contributed by atoms with van der Waals surface area (Å²) < 4.78 is 23.0. The van der Waals surface area contributed by atoms with E-state index in [4.69, 9.17) is 0 Å². The molecule has 1 heterocycles. The fourth-order valence-corrected chi connectivity index (χ4v) is 3.63. The number of nitrogens with one attached hydrogen (secondary N) is 1. The van der Waals surface area contributed by atoms with Crippen molar-refractivity contribution in [3.8, 4) is 0 Å². The van der Waals surface area contributed by atoms with Crippen molar-refractivity contribution >= 4 is 21.4 Å². The van der Waals surface area contributed by atoms with E-state index in [1.807, 2.05) is 31.3 Å². The number of para-hydroxylation sites is 1. The zero-order valence-electron chi connectivity index (χ0n) is 13.2. The highest BCUT2D eigenvalue weighted by Gasteiger charge is 2.24. The van der Waals surface area contributed by atoms with Gasteiger partial charge in [-0.25, -0.2) is 8.42 Å². The van der Waals surface area contributed by atoms with Gasteiger partial charge < -0.3 is 10.2 Å². The first-order valence-corrected chi connectivity index (χ1v) is 9.67. The summed E-state index contributed by atoms with van der Waals surface area (Å²) in [4.78, 5) is 14.1. The van der Waals surface area contributed by atoms with E-state index in [0.29, 0.717) is 6.54 Å². The smallest absolute Gasteiger partial charge is 0.227 e. The van der Waals surface area contributed by atoms with Gasteiger partial charge in [-0.1, -0.05) is 24.6 Å². The molecule has 0 aromatic heterocycles. The summed E-state index contributed by atoms with van der Waals surface area (Å²) in [5, 5.41) is 3.27. The molecule has 1 amide bonds. The van der Waals surface area contributed by atoms with Crippen LogP contribution in [0.4, 0.5) is 5.69 Å². The summed E-state index contributed by atoms with van der Waals surface area (Å²) in [6.45, 7) is 1.37. The van der Waals surface area contributed by atoms with Crippen LogP contribution in [0.1, 0.15) is 24.8 Å². The third-order valence-corrected chi connectivity index (χ3v) is 4.83. The first kappa shape index (κ1) is 16.8. The van der Waals surface area contributed by atoms with Gasteiger partial charge in [0.25, 0.3) is 0 Å². The molecule has 2 rings (SSSR count). The van der Waals surface area contributed by atoms with E-state index in [1.54, 1.807) is 4.90 Å². The first-order chi connectivity index (χ1) is 10.4. The second kappa shape index (κ2) is 7.13. The highest BCUT2D eigenvalue weighted by Crippen LogP contribution is 2.21. The number of hydrogen-bond donors (Lipinski definition) is 1. The molecule has 0 radical (unpaired) electrons. The molecule has 122 valence electrons. The number of amides is 1. The Labute approximate surface area is 132 Å². The number of carbonyl (C=O) groups is 1. The standard InChI is InChI=1S/C16H24N2O3S/c1-18-10-6-5-7-13(16(18)19)11-17-15-9-4-3-8-14(15)12-22(2,20)21/h3-4,8-9,13,17H,5-7,10-12H2,1-2H3. The molecule has 1 aromatic carbocycles. The van der Waals surface area contributed by atoms with Crippen LogP contribution >= 0.6 is 0 Å². The normalized spacial score (nSPS) is 19.8. The van der Waals surface area contributed by atoms with E-state index < -0.39 is 9.84 Å². The van der Waals surface area contributed by atoms with Crippen molar-refractivity contribution in [2.75, 3.05) is 31.7 Å². The second-order valence-electron chi connectivity index (χ2n) is 6.06. The average molecular weight is 324 g/mol. The lowest BCUT2D eigenvalue weighted by atomic mass is 10.0. The minimum Gasteiger partial charge on any atom is -0.384 e. The van der Waals surface area contributed by atoms with Crippen molar-refractivity contribution in [1.29, 1.82) is 0 Å². The third-order valence-electron chi connectivity index (χ3n) is 4.00. The summed E-state index contributed by atoms with van der Waals surface area (Å²) in [5.74, 6) is 0.138. The van der Waals surface area contributed by atoms with Gasteiger partial charge in [0, 0.05) is 32.1 Å². The van der Waals surface area contributed by atoms with Crippen molar-refractivity contribution in [1.82, 2.24) is 4.90 Å². The number of hydrogen-bond acceptors (Lipinski definition) is 4. The van der Waals surface area contributed by atoms with E-state index in [-0.39, 0.29) is 17.6 Å². The minimum absolute atomic E-state index is 0.00862. The lowest BCUT2D eigenvalue weighted by molar-refractivity contribution is -0.133. The molecular weight excluding hydrogens is 300 g/mol. The summed E-state index contributed by atoms with van der Waals surface area (Å²) in [5.41, 5.74) is 1.55. The third kappa shape index (κ3) is 4.73. The van der Waals surface area contributed by atoms with Gasteiger partial charge in [0.15, 0.2) is 9.84 Å². The predicted octanol–water partition coefficient (Wildman–Crippen LogP) is 1.90. The van der Waals surface area contributed by atoms with Gasteiger partial charge in [-0.2, -0.15) is 0 Å². The number of rotatable bonds is 5. The Hall–Kier alpha value is -1.56. The van der Waals surface area contributed by atoms with Crippen molar-refractivity contribution in [3.63, 3.8) is 0 Å². The summed E-state index contributed by atoms with van der Waals surface area (Å²) in [6.07, 6.45) is 4.20. The van der Waals surface area contributed by atoms with Crippen molar-refractivity contribution in [2.45, 2.75) is 25.0 Å². The zero-order chi connectivity index (χ0) is 16.2. The van der Waals surface area contributed by atoms with Gasteiger partial charge in [-0.15, -0.1) is 0 Å². The maximum Gasteiger partial charge on any atom is 0.227 e. The van der Waals surface area contributed by atoms with Gasteiger partial charge in [0.05, 0.1) is 11.7 Å². The Bertz CT molecular complexity index is 628. The fourth-order valence-electron chi connectivity index (χ4n) is 2.81. The highest BCUT2D eigenvalue weighted by molar-refractivity contribution is 7.89. The molecule has 22 heavy (non-hydrogen) atoms. The molecule has 1 saturated heterocycles. The van der Waals surface area contributed by atoms with Crippen molar-refractivity contribution in [2.24, 2.45) is 5.92 Å². The van der Waals surface area contributed by atoms with Gasteiger partial charge in [-0.05, 0) is 24.5 Å². The molecule has 0 spiro atoms. The Morgan fingerprint density at radius 1 is 1.27 bits per heavy atom. The van der Waals surface area contributed by atoms with Crippen LogP contribution in [0.15, 0.2) is 24.3 Å². The number of benzene rings is 1. The Morgan fingerprint density at radius 2 is 2.00 bits per heavy atom. The van der Waals surface area contributed by atoms with Crippen LogP contribution in [-0.2, 0) is 20.4 Å². The Morgan fingerprint density at radius 3 is 2.73 bits per heavy atom. The topological polar surface area (TPSA) is 66.5 Å². The molecule has 1 aliphatic heterocycles. The van der Waals surface area contributed by atoms with Crippen LogP contribution < -0.4 is 5.32 Å². The van der Waals surface area contributed by atoms with E-state index in [2.05, 4.69) is 5.32 Å². The number of sulfone groups is 1. The number of likely N-dealkylation sites (tertiary alicyclic amines) is 1. The maximum atomic E-state index is 12.3. The predicted molar refractivity (Wildman–Crippen MR) is 88.5 cm³/mol. The van der Waals surface area contributed by atoms with Crippen molar-refractivity contribution < 1.29 is 13.2 Å². The number of nitrogens with zero attached hydrogens (tertiary/aromatic N) is 1. The lowest BCUT2D eigenvalue weighted by Gasteiger charge is -2.21. The largest absolute Gasteiger partial charge is 0.384 e. The molecule has 1 atom stereocenters. The van der Waals surface area contributed by atoms with Crippen LogP contribution in [-0.4, -0.2) is 45.6 Å². The van der Waals surface area contributed by atoms with E-state index in [9.17, 15) is 13.2 Å². The van der Waals surface area contributed by atoms with Crippen LogP contribution in [0.25, 0.3) is 0 Å². The molecule has 1 aromatic rings. The summed E-state index contributed by atoms with van der Waals surface area (Å²) in [6, 6.07) is 7.38. The van der Waals surface area contributed by atoms with E-state index in [0.717, 1.165) is 37.1 Å². The molecular formula is C16H24N2O3S. The van der Waals surface area contributed by atoms with Gasteiger partial charge >= 0.3 is 0 Å². The van der Waals surface area contributed by atoms with Crippen molar-refractivity contribution in [3.05, 3.63) is 29.8 Å². The van der Waals surface area contributed by atoms with Crippen LogP contribution in [0.2, 0.25) is 0 Å². The molecule has 5 nitrogen and oxygen atoms in total. The molecule has 0 saturated carbocycles. The zero-order valence-corrected chi connectivity index (χ0v) is 14.0. The Balaban J connectivity index is 2.06. The van der Waals surface area contributed by atoms with E-state index in [1.165, 1.54) is 6.26 Å². The first-order valence-electron chi connectivity index (χ1n) is 7.61. The SMILES string of the molecule is CN1CCCCC(CNc2ccccc2CS(C)(=O)=O)C1=O. The van der Waals surface area contributed by atoms with Gasteiger partial charge in [0.1, 0.15) is 0 Å². The number of anilines is 1. The minimum atomic E-state index is -3.08. The quantitative estimate of drug-likeness (QED) is 0.898. The molecule has 0 bridgehead atoms. The molecule has 1 N–H and O–H groups in total. The average Bonchev–Trinajstić information content (AvgIpc) is 2.60. The van der Waals surface area contributed by atoms with Crippen LogP contribution in [0.3, 0.4) is 0 Å². The summed E-state index contributed by atoms with van der Waals surface area (Å²) >= 11 is 0. The van der Waals surface area contributed by atoms with Crippen LogP contribution in [0.5, 0.6) is 0 Å². The van der Waals surface area contributed by atoms with Gasteiger partial charge in [0.2, 0.25) is 5.91 Å². The van der Waals surface area contributed by atoms with E-state index >= 15 is 0 Å². The molecule has 0 aliphatic carbocycles. The molecule has 1 unspecified atom stereocenters. The lowest BCUT2D eigenvalue weighted by Crippen LogP contribution is -2.34. The molecule has 6 heteroatoms. The molecule has 1 fully saturated rings. The monoisotopic (exact) mass is 324 g/mol. The molecule has 1 aliphatic rings. The Kier molecular flexibility index (Phi) is 5.45. The fraction of sp³-hybridized carbons (Fsp3) is 0.562. The number of carbonyl (C=O) groups excluding carboxylic acids is 1.